The van der Waals surface area contributed by atoms with Crippen LogP contribution in [0, 0.1) is 0 Å². The fourth-order valence-corrected chi connectivity index (χ4v) is 4.43. The highest BCUT2D eigenvalue weighted by molar-refractivity contribution is 8.02. The molecule has 0 spiro atoms. The van der Waals surface area contributed by atoms with Gasteiger partial charge in [0.2, 0.25) is 0 Å². The van der Waals surface area contributed by atoms with Gasteiger partial charge in [0.05, 0.1) is 17.5 Å². The monoisotopic (exact) mass is 209 g/mol. The second-order valence-corrected chi connectivity index (χ2v) is 6.23. The lowest BCUT2D eigenvalue weighted by molar-refractivity contribution is -0.301. The third kappa shape index (κ3) is 3.02. The van der Waals surface area contributed by atoms with Crippen LogP contribution < -0.4 is 5.11 Å². The van der Waals surface area contributed by atoms with Crippen LogP contribution in [-0.2, 0) is 14.6 Å². The summed E-state index contributed by atoms with van der Waals surface area (Å²) >= 11 is 1.15. The molecule has 0 radical (unpaired) electrons. The number of rotatable bonds is 3. The summed E-state index contributed by atoms with van der Waals surface area (Å²) < 4.78 is 21.8. The Labute approximate surface area is 75.3 Å². The van der Waals surface area contributed by atoms with Crippen LogP contribution >= 0.6 is 11.8 Å². The number of carbonyl (C=O) groups excluding carboxylic acids is 1. The number of carboxylic acid groups (broad SMARTS) is 1. The molecule has 6 heteroatoms. The minimum Gasteiger partial charge on any atom is -0.549 e. The molecule has 70 valence electrons. The Morgan fingerprint density at radius 1 is 1.58 bits per heavy atom. The van der Waals surface area contributed by atoms with Crippen molar-refractivity contribution in [2.24, 2.45) is 0 Å². The highest BCUT2D eigenvalue weighted by Gasteiger charge is 2.27. The van der Waals surface area contributed by atoms with Crippen LogP contribution in [0.2, 0.25) is 0 Å². The van der Waals surface area contributed by atoms with Crippen molar-refractivity contribution in [2.75, 3.05) is 17.3 Å². The van der Waals surface area contributed by atoms with Crippen molar-refractivity contribution in [1.29, 1.82) is 0 Å². The molecule has 4 nitrogen and oxygen atoms in total. The lowest BCUT2D eigenvalue weighted by Crippen LogP contribution is -2.25. The number of hydrogen-bond acceptors (Lipinski definition) is 5. The molecule has 0 aromatic carbocycles. The average molecular weight is 209 g/mol. The van der Waals surface area contributed by atoms with Gasteiger partial charge in [-0.3, -0.25) is 0 Å². The van der Waals surface area contributed by atoms with E-state index in [2.05, 4.69) is 0 Å². The summed E-state index contributed by atoms with van der Waals surface area (Å²) in [6, 6.07) is 0. The first-order chi connectivity index (χ1) is 5.49. The second-order valence-electron chi connectivity index (χ2n) is 2.71. The zero-order valence-corrected chi connectivity index (χ0v) is 7.99. The second kappa shape index (κ2) is 3.66. The van der Waals surface area contributed by atoms with Crippen molar-refractivity contribution in [2.45, 2.75) is 11.7 Å². The molecule has 1 saturated heterocycles. The van der Waals surface area contributed by atoms with E-state index in [4.69, 9.17) is 0 Å². The SMILES string of the molecule is O=C([O-])CSC1CCS(=O)(=O)C1. The number of thioether (sulfide) groups is 1. The molecule has 1 heterocycles. The summed E-state index contributed by atoms with van der Waals surface area (Å²) in [4.78, 5) is 10.0. The van der Waals surface area contributed by atoms with Gasteiger partial charge in [0.15, 0.2) is 9.84 Å². The van der Waals surface area contributed by atoms with Crippen LogP contribution in [0.5, 0.6) is 0 Å². The van der Waals surface area contributed by atoms with E-state index in [9.17, 15) is 18.3 Å². The van der Waals surface area contributed by atoms with Crippen molar-refractivity contribution < 1.29 is 18.3 Å². The average Bonchev–Trinajstić information content (AvgIpc) is 2.26. The van der Waals surface area contributed by atoms with E-state index in [0.717, 1.165) is 11.8 Å². The van der Waals surface area contributed by atoms with E-state index in [0.29, 0.717) is 6.42 Å². The normalized spacial score (nSPS) is 27.2. The molecular formula is C6H9O4S2-. The Morgan fingerprint density at radius 2 is 2.25 bits per heavy atom. The predicted octanol–water partition coefficient (Wildman–Crippen LogP) is -1.34. The highest BCUT2D eigenvalue weighted by Crippen LogP contribution is 2.23. The highest BCUT2D eigenvalue weighted by atomic mass is 32.2. The first-order valence-electron chi connectivity index (χ1n) is 3.51. The molecule has 0 aromatic heterocycles. The third-order valence-electron chi connectivity index (χ3n) is 1.63. The lowest BCUT2D eigenvalue weighted by atomic mass is 10.4. The van der Waals surface area contributed by atoms with Gasteiger partial charge in [-0.05, 0) is 6.42 Å². The lowest BCUT2D eigenvalue weighted by Gasteiger charge is -2.06. The van der Waals surface area contributed by atoms with Gasteiger partial charge in [0, 0.05) is 11.0 Å². The number of aliphatic carboxylic acids is 1. The van der Waals surface area contributed by atoms with E-state index >= 15 is 0 Å². The number of sulfone groups is 1. The van der Waals surface area contributed by atoms with Crippen molar-refractivity contribution in [3.63, 3.8) is 0 Å². The van der Waals surface area contributed by atoms with Crippen molar-refractivity contribution in [3.8, 4) is 0 Å². The van der Waals surface area contributed by atoms with Crippen LogP contribution in [-0.4, -0.2) is 36.9 Å². The summed E-state index contributed by atoms with van der Waals surface area (Å²) in [5.74, 6) is -0.938. The molecule has 0 saturated carbocycles. The predicted molar refractivity (Wildman–Crippen MR) is 44.5 cm³/mol. The Hall–Kier alpha value is -0.230. The molecule has 0 aromatic rings. The minimum atomic E-state index is -2.88. The molecule has 1 fully saturated rings. The van der Waals surface area contributed by atoms with E-state index in [1.54, 1.807) is 0 Å². The van der Waals surface area contributed by atoms with Crippen molar-refractivity contribution >= 4 is 27.6 Å². The summed E-state index contributed by atoms with van der Waals surface area (Å²) in [6.45, 7) is 0. The van der Waals surface area contributed by atoms with Crippen molar-refractivity contribution in [1.82, 2.24) is 0 Å². The smallest absolute Gasteiger partial charge is 0.151 e. The van der Waals surface area contributed by atoms with E-state index < -0.39 is 15.8 Å². The van der Waals surface area contributed by atoms with E-state index in [1.807, 2.05) is 0 Å². The summed E-state index contributed by atoms with van der Waals surface area (Å²) in [5, 5.41) is 9.99. The Morgan fingerprint density at radius 3 is 2.67 bits per heavy atom. The van der Waals surface area contributed by atoms with Crippen LogP contribution in [0.15, 0.2) is 0 Å². The molecule has 0 bridgehead atoms. The van der Waals surface area contributed by atoms with Crippen LogP contribution in [0.1, 0.15) is 6.42 Å². The molecule has 12 heavy (non-hydrogen) atoms. The summed E-state index contributed by atoms with van der Waals surface area (Å²) in [5.41, 5.74) is 0. The molecule has 1 aliphatic rings. The molecule has 1 aliphatic heterocycles. The topological polar surface area (TPSA) is 74.3 Å². The fourth-order valence-electron chi connectivity index (χ4n) is 1.08. The van der Waals surface area contributed by atoms with Gasteiger partial charge < -0.3 is 9.90 Å². The van der Waals surface area contributed by atoms with E-state index in [1.165, 1.54) is 0 Å². The van der Waals surface area contributed by atoms with E-state index in [-0.39, 0.29) is 22.5 Å². The van der Waals surface area contributed by atoms with Crippen molar-refractivity contribution in [3.05, 3.63) is 0 Å². The Kier molecular flexibility index (Phi) is 3.00. The standard InChI is InChI=1S/C6H10O4S2/c7-6(8)3-11-5-1-2-12(9,10)4-5/h5H,1-4H2,(H,7,8)/p-1. The van der Waals surface area contributed by atoms with Gasteiger partial charge in [-0.25, -0.2) is 8.42 Å². The van der Waals surface area contributed by atoms with Crippen LogP contribution in [0.25, 0.3) is 0 Å². The van der Waals surface area contributed by atoms with Crippen LogP contribution in [0.3, 0.4) is 0 Å². The Balaban J connectivity index is 2.34. The fraction of sp³-hybridized carbons (Fsp3) is 0.833. The number of carbonyl (C=O) groups is 1. The van der Waals surface area contributed by atoms with Gasteiger partial charge in [-0.2, -0.15) is 11.8 Å². The minimum absolute atomic E-state index is 0.0482. The molecule has 1 atom stereocenters. The molecule has 0 N–H and O–H groups in total. The largest absolute Gasteiger partial charge is 0.549 e. The molecule has 0 aliphatic carbocycles. The maximum absolute atomic E-state index is 10.9. The summed E-state index contributed by atoms with van der Waals surface area (Å²) in [7, 11) is -2.88. The molecule has 0 amide bonds. The molecular weight excluding hydrogens is 200 g/mol. The number of hydrogen-bond donors (Lipinski definition) is 0. The number of carboxylic acids is 1. The zero-order chi connectivity index (χ0) is 9.19. The first-order valence-corrected chi connectivity index (χ1v) is 6.38. The molecule has 1 rings (SSSR count). The quantitative estimate of drug-likeness (QED) is 0.575. The zero-order valence-electron chi connectivity index (χ0n) is 6.36. The van der Waals surface area contributed by atoms with Crippen LogP contribution in [0.4, 0.5) is 0 Å². The van der Waals surface area contributed by atoms with Gasteiger partial charge in [0.25, 0.3) is 0 Å². The maximum atomic E-state index is 10.9. The summed E-state index contributed by atoms with van der Waals surface area (Å²) in [6.07, 6.45) is 0.570. The Bertz CT molecular complexity index is 269. The van der Waals surface area contributed by atoms with Gasteiger partial charge in [-0.1, -0.05) is 0 Å². The third-order valence-corrected chi connectivity index (χ3v) is 4.88. The van der Waals surface area contributed by atoms with Gasteiger partial charge in [0.1, 0.15) is 0 Å². The maximum Gasteiger partial charge on any atom is 0.151 e. The van der Waals surface area contributed by atoms with Gasteiger partial charge >= 0.3 is 0 Å². The molecule has 1 unspecified atom stereocenters. The van der Waals surface area contributed by atoms with Gasteiger partial charge in [-0.15, -0.1) is 0 Å². The first kappa shape index (κ1) is 9.85.